The molecular weight excluding hydrogens is 408 g/mol. The summed E-state index contributed by atoms with van der Waals surface area (Å²) in [6.07, 6.45) is 5.40. The number of amides is 1. The monoisotopic (exact) mass is 431 g/mol. The number of rotatable bonds is 6. The molecule has 1 heterocycles. The minimum Gasteiger partial charge on any atom is -0.486 e. The van der Waals surface area contributed by atoms with Gasteiger partial charge in [-0.05, 0) is 62.1 Å². The highest BCUT2D eigenvalue weighted by atomic mass is 19.3. The molecule has 0 unspecified atom stereocenters. The van der Waals surface area contributed by atoms with E-state index in [0.717, 1.165) is 32.1 Å². The zero-order chi connectivity index (χ0) is 21.8. The molecule has 2 aliphatic rings. The van der Waals surface area contributed by atoms with Gasteiger partial charge in [0, 0.05) is 11.8 Å². The predicted octanol–water partition coefficient (Wildman–Crippen LogP) is 4.97. The first-order valence-electron chi connectivity index (χ1n) is 10.3. The van der Waals surface area contributed by atoms with Crippen LogP contribution in [-0.2, 0) is 4.79 Å². The maximum atomic E-state index is 12.6. The van der Waals surface area contributed by atoms with Gasteiger partial charge in [0.05, 0.1) is 12.0 Å². The average molecular weight is 431 g/mol. The van der Waals surface area contributed by atoms with Gasteiger partial charge in [-0.15, -0.1) is 0 Å². The van der Waals surface area contributed by atoms with Gasteiger partial charge in [0.15, 0.2) is 12.4 Å². The number of ketones is 1. The summed E-state index contributed by atoms with van der Waals surface area (Å²) in [5.41, 5.74) is 0.548. The minimum atomic E-state index is -2.90. The Kier molecular flexibility index (Phi) is 6.06. The Hall–Kier alpha value is -3.16. The van der Waals surface area contributed by atoms with Crippen LogP contribution in [0.4, 0.5) is 14.5 Å². The number of carbonyl (C=O) groups excluding carboxylic acids is 2. The predicted molar refractivity (Wildman–Crippen MR) is 109 cm³/mol. The van der Waals surface area contributed by atoms with Crippen molar-refractivity contribution < 1.29 is 32.6 Å². The minimum absolute atomic E-state index is 0.00333. The molecule has 1 N–H and O–H groups in total. The van der Waals surface area contributed by atoms with E-state index in [-0.39, 0.29) is 18.1 Å². The number of hydrogen-bond acceptors (Lipinski definition) is 5. The van der Waals surface area contributed by atoms with Crippen molar-refractivity contribution in [3.8, 4) is 17.2 Å². The number of ether oxygens (including phenoxy) is 3. The number of fused-ring (bicyclic) bond motifs is 1. The Bertz CT molecular complexity index is 955. The van der Waals surface area contributed by atoms with E-state index in [1.165, 1.54) is 24.3 Å². The molecule has 0 aromatic heterocycles. The number of Topliss-reactive ketones (excluding diaryl/α,β-unsaturated/α-hetero) is 1. The third-order valence-electron chi connectivity index (χ3n) is 5.56. The third kappa shape index (κ3) is 5.13. The van der Waals surface area contributed by atoms with E-state index in [2.05, 4.69) is 10.1 Å². The summed E-state index contributed by atoms with van der Waals surface area (Å²) in [6, 6.07) is 10.6. The van der Waals surface area contributed by atoms with Gasteiger partial charge in [0.25, 0.3) is 5.91 Å². The van der Waals surface area contributed by atoms with Crippen molar-refractivity contribution >= 4 is 17.4 Å². The Labute approximate surface area is 178 Å². The Balaban J connectivity index is 1.35. The molecule has 1 aliphatic heterocycles. The molecule has 0 atom stereocenters. The van der Waals surface area contributed by atoms with Crippen LogP contribution in [0.25, 0.3) is 0 Å². The summed E-state index contributed by atoms with van der Waals surface area (Å²) in [5, 5.41) is 2.62. The average Bonchev–Trinajstić information content (AvgIpc) is 2.73. The molecule has 4 rings (SSSR count). The van der Waals surface area contributed by atoms with Crippen LogP contribution >= 0.6 is 0 Å². The molecule has 0 saturated heterocycles. The molecule has 164 valence electrons. The van der Waals surface area contributed by atoms with Crippen molar-refractivity contribution in [2.45, 2.75) is 50.7 Å². The number of anilines is 1. The van der Waals surface area contributed by atoms with Gasteiger partial charge in [0.1, 0.15) is 22.8 Å². The van der Waals surface area contributed by atoms with E-state index in [1.54, 1.807) is 18.2 Å². The number of alkyl halides is 2. The van der Waals surface area contributed by atoms with Crippen molar-refractivity contribution in [3.05, 3.63) is 48.0 Å². The zero-order valence-corrected chi connectivity index (χ0v) is 16.9. The number of carbonyl (C=O) groups is 2. The normalized spacial score (nSPS) is 17.1. The number of halogens is 2. The second-order valence-corrected chi connectivity index (χ2v) is 7.84. The summed E-state index contributed by atoms with van der Waals surface area (Å²) >= 11 is 0. The first-order chi connectivity index (χ1) is 14.9. The second-order valence-electron chi connectivity index (χ2n) is 7.84. The van der Waals surface area contributed by atoms with Gasteiger partial charge in [-0.2, -0.15) is 8.78 Å². The quantitative estimate of drug-likeness (QED) is 0.699. The van der Waals surface area contributed by atoms with Crippen LogP contribution in [0.2, 0.25) is 0 Å². The molecular formula is C23H23F2NO5. The van der Waals surface area contributed by atoms with Crippen LogP contribution in [0.5, 0.6) is 17.2 Å². The number of nitrogens with one attached hydrogen (secondary N) is 1. The SMILES string of the molecule is O=C(COc1ccc2c(c1)OC1(CCCCC1)CC2=O)Nc1ccc(OC(F)F)cc1. The first-order valence-corrected chi connectivity index (χ1v) is 10.3. The fraction of sp³-hybridized carbons (Fsp3) is 0.391. The molecule has 6 nitrogen and oxygen atoms in total. The highest BCUT2D eigenvalue weighted by Gasteiger charge is 2.41. The second kappa shape index (κ2) is 8.91. The fourth-order valence-electron chi connectivity index (χ4n) is 4.11. The summed E-state index contributed by atoms with van der Waals surface area (Å²) in [7, 11) is 0. The van der Waals surface area contributed by atoms with E-state index in [9.17, 15) is 18.4 Å². The summed E-state index contributed by atoms with van der Waals surface area (Å²) < 4.78 is 40.5. The van der Waals surface area contributed by atoms with Gasteiger partial charge in [-0.1, -0.05) is 6.42 Å². The van der Waals surface area contributed by atoms with Crippen LogP contribution < -0.4 is 19.5 Å². The van der Waals surface area contributed by atoms with Gasteiger partial charge in [0.2, 0.25) is 0 Å². The first kappa shape index (κ1) is 21.1. The van der Waals surface area contributed by atoms with Gasteiger partial charge >= 0.3 is 6.61 Å². The van der Waals surface area contributed by atoms with Crippen LogP contribution in [0.3, 0.4) is 0 Å². The smallest absolute Gasteiger partial charge is 0.387 e. The molecule has 1 fully saturated rings. The fourth-order valence-corrected chi connectivity index (χ4v) is 4.11. The standard InChI is InChI=1S/C23H23F2NO5/c24-22(25)30-16-6-4-15(5-7-16)26-21(28)14-29-17-8-9-18-19(27)13-23(31-20(18)12-17)10-2-1-3-11-23/h4-9,12,22H,1-3,10-11,13-14H2,(H,26,28). The van der Waals surface area contributed by atoms with Crippen molar-refractivity contribution in [2.75, 3.05) is 11.9 Å². The number of benzene rings is 2. The molecule has 2 aromatic carbocycles. The summed E-state index contributed by atoms with van der Waals surface area (Å²) in [6.45, 7) is -3.16. The van der Waals surface area contributed by atoms with Crippen LogP contribution in [0, 0.1) is 0 Å². The highest BCUT2D eigenvalue weighted by molar-refractivity contribution is 6.00. The topological polar surface area (TPSA) is 73.9 Å². The van der Waals surface area contributed by atoms with Crippen molar-refractivity contribution in [1.29, 1.82) is 0 Å². The maximum absolute atomic E-state index is 12.6. The summed E-state index contributed by atoms with van der Waals surface area (Å²) in [5.74, 6) is 0.595. The van der Waals surface area contributed by atoms with Crippen LogP contribution in [0.15, 0.2) is 42.5 Å². The Morgan fingerprint density at radius 1 is 1.06 bits per heavy atom. The van der Waals surface area contributed by atoms with Crippen molar-refractivity contribution in [1.82, 2.24) is 0 Å². The Morgan fingerprint density at radius 2 is 1.77 bits per heavy atom. The van der Waals surface area contributed by atoms with Gasteiger partial charge in [-0.3, -0.25) is 9.59 Å². The van der Waals surface area contributed by atoms with Gasteiger partial charge < -0.3 is 19.5 Å². The Morgan fingerprint density at radius 3 is 2.48 bits per heavy atom. The third-order valence-corrected chi connectivity index (χ3v) is 5.56. The molecule has 0 bridgehead atoms. The van der Waals surface area contributed by atoms with Crippen molar-refractivity contribution in [3.63, 3.8) is 0 Å². The summed E-state index contributed by atoms with van der Waals surface area (Å²) in [4.78, 5) is 24.7. The molecule has 1 spiro atoms. The van der Waals surface area contributed by atoms with Crippen LogP contribution in [-0.4, -0.2) is 30.5 Å². The molecule has 1 saturated carbocycles. The largest absolute Gasteiger partial charge is 0.486 e. The van der Waals surface area contributed by atoms with E-state index in [1.807, 2.05) is 0 Å². The lowest BCUT2D eigenvalue weighted by atomic mass is 9.78. The highest BCUT2D eigenvalue weighted by Crippen LogP contribution is 2.42. The van der Waals surface area contributed by atoms with Gasteiger partial charge in [-0.25, -0.2) is 0 Å². The van der Waals surface area contributed by atoms with Crippen LogP contribution in [0.1, 0.15) is 48.9 Å². The number of hydrogen-bond donors (Lipinski definition) is 1. The molecule has 2 aromatic rings. The van der Waals surface area contributed by atoms with Crippen molar-refractivity contribution in [2.24, 2.45) is 0 Å². The van der Waals surface area contributed by atoms with E-state index >= 15 is 0 Å². The van der Waals surface area contributed by atoms with E-state index < -0.39 is 18.1 Å². The van der Waals surface area contributed by atoms with E-state index in [4.69, 9.17) is 9.47 Å². The lowest BCUT2D eigenvalue weighted by Crippen LogP contribution is -2.43. The molecule has 0 radical (unpaired) electrons. The van der Waals surface area contributed by atoms with E-state index in [0.29, 0.717) is 29.2 Å². The molecule has 8 heteroatoms. The zero-order valence-electron chi connectivity index (χ0n) is 16.9. The molecule has 31 heavy (non-hydrogen) atoms. The molecule has 1 amide bonds. The molecule has 1 aliphatic carbocycles. The lowest BCUT2D eigenvalue weighted by Gasteiger charge is -2.40. The lowest BCUT2D eigenvalue weighted by molar-refractivity contribution is -0.118. The maximum Gasteiger partial charge on any atom is 0.387 e.